The Bertz CT molecular complexity index is 380. The number of ether oxygens (including phenoxy) is 2. The van der Waals surface area contributed by atoms with Crippen LogP contribution in [0.3, 0.4) is 0 Å². The molecule has 0 aromatic heterocycles. The van der Waals surface area contributed by atoms with Crippen LogP contribution in [-0.4, -0.2) is 32.8 Å². The minimum atomic E-state index is -0.175. The Labute approximate surface area is 107 Å². The Balaban J connectivity index is 2.45. The number of hydrogen-bond acceptors (Lipinski definition) is 4. The van der Waals surface area contributed by atoms with Gasteiger partial charge in [-0.25, -0.2) is 0 Å². The van der Waals surface area contributed by atoms with E-state index in [2.05, 4.69) is 5.32 Å². The van der Waals surface area contributed by atoms with Crippen molar-refractivity contribution in [1.29, 1.82) is 0 Å². The van der Waals surface area contributed by atoms with Crippen molar-refractivity contribution in [3.63, 3.8) is 0 Å². The first-order valence-corrected chi connectivity index (χ1v) is 5.88. The molecule has 1 rings (SSSR count). The minimum absolute atomic E-state index is 0.0204. The largest absolute Gasteiger partial charge is 0.483 e. The standard InChI is InChI=1S/C13H20N2O3/c1-10(14)11-5-3-4-6-12(11)18-9-13(16)15-7-8-17-2/h3-6,10H,7-9,14H2,1-2H3,(H,15,16)/t10-/m1/s1. The normalized spacial score (nSPS) is 11.9. The number of methoxy groups -OCH3 is 1. The highest BCUT2D eigenvalue weighted by atomic mass is 16.5. The minimum Gasteiger partial charge on any atom is -0.483 e. The summed E-state index contributed by atoms with van der Waals surface area (Å²) in [7, 11) is 1.58. The third-order valence-electron chi connectivity index (χ3n) is 2.40. The molecule has 1 amide bonds. The molecule has 0 unspecified atom stereocenters. The van der Waals surface area contributed by atoms with Gasteiger partial charge in [0, 0.05) is 25.3 Å². The number of benzene rings is 1. The van der Waals surface area contributed by atoms with Crippen LogP contribution in [0, 0.1) is 0 Å². The van der Waals surface area contributed by atoms with Gasteiger partial charge in [-0.15, -0.1) is 0 Å². The van der Waals surface area contributed by atoms with Gasteiger partial charge >= 0.3 is 0 Å². The molecule has 0 aliphatic carbocycles. The van der Waals surface area contributed by atoms with Gasteiger partial charge in [-0.3, -0.25) is 4.79 Å². The monoisotopic (exact) mass is 252 g/mol. The van der Waals surface area contributed by atoms with E-state index in [0.29, 0.717) is 18.9 Å². The SMILES string of the molecule is COCCNC(=O)COc1ccccc1[C@@H](C)N. The molecular weight excluding hydrogens is 232 g/mol. The summed E-state index contributed by atoms with van der Waals surface area (Å²) in [6.07, 6.45) is 0. The molecule has 18 heavy (non-hydrogen) atoms. The second-order valence-corrected chi connectivity index (χ2v) is 3.96. The van der Waals surface area contributed by atoms with Gasteiger partial charge in [-0.05, 0) is 13.0 Å². The second-order valence-electron chi connectivity index (χ2n) is 3.96. The lowest BCUT2D eigenvalue weighted by Crippen LogP contribution is -2.31. The maximum atomic E-state index is 11.4. The van der Waals surface area contributed by atoms with Crippen LogP contribution in [0.1, 0.15) is 18.5 Å². The van der Waals surface area contributed by atoms with E-state index in [1.54, 1.807) is 13.2 Å². The Kier molecular flexibility index (Phi) is 6.18. The average Bonchev–Trinajstić information content (AvgIpc) is 2.37. The summed E-state index contributed by atoms with van der Waals surface area (Å²) < 4.78 is 10.3. The number of carbonyl (C=O) groups excluding carboxylic acids is 1. The van der Waals surface area contributed by atoms with Crippen LogP contribution in [0.2, 0.25) is 0 Å². The first kappa shape index (κ1) is 14.5. The number of carbonyl (C=O) groups is 1. The molecule has 1 aromatic carbocycles. The Hall–Kier alpha value is -1.59. The van der Waals surface area contributed by atoms with E-state index in [-0.39, 0.29) is 18.6 Å². The van der Waals surface area contributed by atoms with E-state index >= 15 is 0 Å². The number of hydrogen-bond donors (Lipinski definition) is 2. The zero-order valence-electron chi connectivity index (χ0n) is 10.8. The van der Waals surface area contributed by atoms with E-state index < -0.39 is 0 Å². The zero-order valence-corrected chi connectivity index (χ0v) is 10.8. The second kappa shape index (κ2) is 7.68. The lowest BCUT2D eigenvalue weighted by atomic mass is 10.1. The third kappa shape index (κ3) is 4.73. The summed E-state index contributed by atoms with van der Waals surface area (Å²) >= 11 is 0. The van der Waals surface area contributed by atoms with Gasteiger partial charge in [0.1, 0.15) is 5.75 Å². The fourth-order valence-electron chi connectivity index (χ4n) is 1.47. The van der Waals surface area contributed by atoms with Crippen LogP contribution in [0.4, 0.5) is 0 Å². The quantitative estimate of drug-likeness (QED) is 0.705. The number of nitrogens with one attached hydrogen (secondary N) is 1. The van der Waals surface area contributed by atoms with E-state index in [0.717, 1.165) is 5.56 Å². The molecule has 0 saturated heterocycles. The van der Waals surface area contributed by atoms with Gasteiger partial charge < -0.3 is 20.5 Å². The van der Waals surface area contributed by atoms with Crippen LogP contribution in [0.5, 0.6) is 5.75 Å². The highest BCUT2D eigenvalue weighted by Gasteiger charge is 2.08. The van der Waals surface area contributed by atoms with Gasteiger partial charge in [0.15, 0.2) is 6.61 Å². The summed E-state index contributed by atoms with van der Waals surface area (Å²) in [6, 6.07) is 7.32. The highest BCUT2D eigenvalue weighted by molar-refractivity contribution is 5.77. The van der Waals surface area contributed by atoms with Gasteiger partial charge in [0.05, 0.1) is 6.61 Å². The summed E-state index contributed by atoms with van der Waals surface area (Å²) in [4.78, 5) is 11.4. The van der Waals surface area contributed by atoms with Crippen molar-refractivity contribution in [2.75, 3.05) is 26.9 Å². The van der Waals surface area contributed by atoms with E-state index in [1.165, 1.54) is 0 Å². The molecule has 0 aliphatic heterocycles. The van der Waals surface area contributed by atoms with Crippen LogP contribution >= 0.6 is 0 Å². The van der Waals surface area contributed by atoms with Crippen LogP contribution in [0.15, 0.2) is 24.3 Å². The summed E-state index contributed by atoms with van der Waals surface area (Å²) in [5.41, 5.74) is 6.71. The molecule has 5 nitrogen and oxygen atoms in total. The summed E-state index contributed by atoms with van der Waals surface area (Å²) in [6.45, 7) is 2.82. The summed E-state index contributed by atoms with van der Waals surface area (Å²) in [5.74, 6) is 0.473. The molecule has 0 fully saturated rings. The molecule has 1 atom stereocenters. The predicted molar refractivity (Wildman–Crippen MR) is 69.4 cm³/mol. The fraction of sp³-hybridized carbons (Fsp3) is 0.462. The van der Waals surface area contributed by atoms with E-state index in [9.17, 15) is 4.79 Å². The highest BCUT2D eigenvalue weighted by Crippen LogP contribution is 2.22. The van der Waals surface area contributed by atoms with Crippen molar-refractivity contribution in [2.45, 2.75) is 13.0 Å². The molecular formula is C13H20N2O3. The van der Waals surface area contributed by atoms with Gasteiger partial charge in [0.2, 0.25) is 0 Å². The molecule has 0 aliphatic rings. The summed E-state index contributed by atoms with van der Waals surface area (Å²) in [5, 5.41) is 2.68. The van der Waals surface area contributed by atoms with E-state index in [4.69, 9.17) is 15.2 Å². The first-order valence-electron chi connectivity index (χ1n) is 5.88. The molecule has 5 heteroatoms. The van der Waals surface area contributed by atoms with E-state index in [1.807, 2.05) is 25.1 Å². The number of nitrogens with two attached hydrogens (primary N) is 1. The molecule has 100 valence electrons. The van der Waals surface area contributed by atoms with Crippen molar-refractivity contribution in [2.24, 2.45) is 5.73 Å². The molecule has 0 bridgehead atoms. The maximum absolute atomic E-state index is 11.4. The van der Waals surface area contributed by atoms with Crippen molar-refractivity contribution in [1.82, 2.24) is 5.32 Å². The predicted octanol–water partition coefficient (Wildman–Crippen LogP) is 0.848. The molecule has 0 saturated carbocycles. The molecule has 1 aromatic rings. The van der Waals surface area contributed by atoms with Gasteiger partial charge in [0.25, 0.3) is 5.91 Å². The lowest BCUT2D eigenvalue weighted by Gasteiger charge is -2.13. The van der Waals surface area contributed by atoms with Crippen molar-refractivity contribution in [3.05, 3.63) is 29.8 Å². The van der Waals surface area contributed by atoms with Crippen LogP contribution in [-0.2, 0) is 9.53 Å². The fourth-order valence-corrected chi connectivity index (χ4v) is 1.47. The van der Waals surface area contributed by atoms with Crippen molar-refractivity contribution >= 4 is 5.91 Å². The molecule has 0 radical (unpaired) electrons. The Morgan fingerprint density at radius 1 is 1.44 bits per heavy atom. The molecule has 3 N–H and O–H groups in total. The first-order chi connectivity index (χ1) is 8.65. The van der Waals surface area contributed by atoms with Crippen molar-refractivity contribution in [3.8, 4) is 5.75 Å². The maximum Gasteiger partial charge on any atom is 0.258 e. The number of para-hydroxylation sites is 1. The number of rotatable bonds is 7. The lowest BCUT2D eigenvalue weighted by molar-refractivity contribution is -0.123. The third-order valence-corrected chi connectivity index (χ3v) is 2.40. The smallest absolute Gasteiger partial charge is 0.258 e. The Morgan fingerprint density at radius 2 is 2.17 bits per heavy atom. The average molecular weight is 252 g/mol. The van der Waals surface area contributed by atoms with Gasteiger partial charge in [-0.2, -0.15) is 0 Å². The number of amides is 1. The Morgan fingerprint density at radius 3 is 2.83 bits per heavy atom. The van der Waals surface area contributed by atoms with Gasteiger partial charge in [-0.1, -0.05) is 18.2 Å². The molecule has 0 heterocycles. The molecule has 0 spiro atoms. The van der Waals surface area contributed by atoms with Crippen molar-refractivity contribution < 1.29 is 14.3 Å². The van der Waals surface area contributed by atoms with Crippen LogP contribution in [0.25, 0.3) is 0 Å². The zero-order chi connectivity index (χ0) is 13.4. The topological polar surface area (TPSA) is 73.6 Å². The van der Waals surface area contributed by atoms with Crippen LogP contribution < -0.4 is 15.8 Å².